The van der Waals surface area contributed by atoms with Crippen molar-refractivity contribution in [2.75, 3.05) is 5.32 Å². The molecule has 0 aliphatic carbocycles. The van der Waals surface area contributed by atoms with Crippen molar-refractivity contribution >= 4 is 45.9 Å². The lowest BCUT2D eigenvalue weighted by atomic mass is 9.92. The number of aryl methyl sites for hydroxylation is 2. The Bertz CT molecular complexity index is 938. The maximum Gasteiger partial charge on any atom is 0.208 e. The minimum atomic E-state index is 0.178. The Morgan fingerprint density at radius 1 is 1.19 bits per heavy atom. The number of imidazole rings is 1. The lowest BCUT2D eigenvalue weighted by Crippen LogP contribution is -2.03. The topological polar surface area (TPSA) is 50.1 Å². The van der Waals surface area contributed by atoms with Crippen LogP contribution in [0, 0.1) is 6.92 Å². The number of phenols is 1. The van der Waals surface area contributed by atoms with Crippen LogP contribution in [0.3, 0.4) is 0 Å². The zero-order valence-electron chi connectivity index (χ0n) is 15.4. The molecule has 0 atom stereocenters. The fourth-order valence-corrected chi connectivity index (χ4v) is 4.12. The third-order valence-corrected chi connectivity index (χ3v) is 5.46. The summed E-state index contributed by atoms with van der Waals surface area (Å²) in [6.07, 6.45) is 2.07. The summed E-state index contributed by atoms with van der Waals surface area (Å²) in [4.78, 5) is 4.63. The van der Waals surface area contributed by atoms with Crippen LogP contribution in [0.1, 0.15) is 43.7 Å². The molecular formula is C20H23Cl2N3O. The number of rotatable bonds is 5. The van der Waals surface area contributed by atoms with E-state index >= 15 is 0 Å². The van der Waals surface area contributed by atoms with Gasteiger partial charge in [0, 0.05) is 12.1 Å². The van der Waals surface area contributed by atoms with Crippen molar-refractivity contribution in [3.8, 4) is 5.75 Å². The van der Waals surface area contributed by atoms with E-state index in [4.69, 9.17) is 23.2 Å². The van der Waals surface area contributed by atoms with Gasteiger partial charge >= 0.3 is 0 Å². The van der Waals surface area contributed by atoms with E-state index < -0.39 is 0 Å². The summed E-state index contributed by atoms with van der Waals surface area (Å²) >= 11 is 12.4. The maximum atomic E-state index is 10.3. The molecule has 2 aromatic carbocycles. The number of hydrogen-bond acceptors (Lipinski definition) is 3. The first-order chi connectivity index (χ1) is 12.4. The largest absolute Gasteiger partial charge is 0.506 e. The Morgan fingerprint density at radius 3 is 2.50 bits per heavy atom. The fraction of sp³-hybridized carbons (Fsp3) is 0.350. The standard InChI is InChI=1S/C20H23Cl2N3O/c1-5-12(6-2)14-7-8-16(26)18-19(14)25(4)20(24-18)23-17-11(3)9-13(21)10-15(17)22/h7-10,12,26H,5-6H2,1-4H3,(H,23,24). The average molecular weight is 392 g/mol. The van der Waals surface area contributed by atoms with E-state index in [9.17, 15) is 5.11 Å². The van der Waals surface area contributed by atoms with E-state index in [2.05, 4.69) is 24.1 Å². The lowest BCUT2D eigenvalue weighted by Gasteiger charge is -2.16. The molecule has 2 N–H and O–H groups in total. The molecule has 0 radical (unpaired) electrons. The van der Waals surface area contributed by atoms with E-state index in [0.717, 1.165) is 29.6 Å². The van der Waals surface area contributed by atoms with Gasteiger partial charge in [-0.25, -0.2) is 4.98 Å². The molecule has 0 spiro atoms. The highest BCUT2D eigenvalue weighted by Crippen LogP contribution is 2.37. The number of hydrogen-bond donors (Lipinski definition) is 2. The van der Waals surface area contributed by atoms with Crippen LogP contribution in [-0.2, 0) is 7.05 Å². The molecule has 0 unspecified atom stereocenters. The first kappa shape index (κ1) is 18.9. The molecule has 0 aliphatic rings. The zero-order chi connectivity index (χ0) is 19.0. The van der Waals surface area contributed by atoms with E-state index in [1.807, 2.05) is 30.7 Å². The normalized spacial score (nSPS) is 11.5. The Hall–Kier alpha value is -1.91. The smallest absolute Gasteiger partial charge is 0.208 e. The van der Waals surface area contributed by atoms with E-state index in [1.165, 1.54) is 5.56 Å². The van der Waals surface area contributed by atoms with Crippen LogP contribution < -0.4 is 5.32 Å². The summed E-state index contributed by atoms with van der Waals surface area (Å²) < 4.78 is 1.98. The number of phenolic OH excluding ortho intramolecular Hbond substituents is 1. The molecular weight excluding hydrogens is 369 g/mol. The molecule has 3 aromatic rings. The van der Waals surface area contributed by atoms with Crippen molar-refractivity contribution in [1.82, 2.24) is 9.55 Å². The van der Waals surface area contributed by atoms with E-state index in [-0.39, 0.29) is 5.75 Å². The summed E-state index contributed by atoms with van der Waals surface area (Å²) in [5.74, 6) is 1.22. The molecule has 0 bridgehead atoms. The first-order valence-corrected chi connectivity index (χ1v) is 9.53. The van der Waals surface area contributed by atoms with Crippen molar-refractivity contribution in [2.24, 2.45) is 7.05 Å². The van der Waals surface area contributed by atoms with Gasteiger partial charge in [-0.1, -0.05) is 43.1 Å². The average Bonchev–Trinajstić information content (AvgIpc) is 2.92. The molecule has 0 fully saturated rings. The molecule has 0 amide bonds. The SMILES string of the molecule is CCC(CC)c1ccc(O)c2nc(Nc3c(C)cc(Cl)cc3Cl)n(C)c12. The highest BCUT2D eigenvalue weighted by atomic mass is 35.5. The third kappa shape index (κ3) is 3.24. The second-order valence-corrected chi connectivity index (χ2v) is 7.43. The van der Waals surface area contributed by atoms with Crippen molar-refractivity contribution in [2.45, 2.75) is 39.5 Å². The number of benzene rings is 2. The fourth-order valence-electron chi connectivity index (χ4n) is 3.48. The minimum Gasteiger partial charge on any atom is -0.506 e. The Balaban J connectivity index is 2.16. The quantitative estimate of drug-likeness (QED) is 0.518. The summed E-state index contributed by atoms with van der Waals surface area (Å²) in [5, 5.41) is 14.8. The van der Waals surface area contributed by atoms with Gasteiger partial charge < -0.3 is 15.0 Å². The van der Waals surface area contributed by atoms with Gasteiger partial charge in [0.2, 0.25) is 5.95 Å². The summed E-state index contributed by atoms with van der Waals surface area (Å²) in [7, 11) is 1.95. The van der Waals surface area contributed by atoms with Crippen molar-refractivity contribution in [3.05, 3.63) is 45.4 Å². The lowest BCUT2D eigenvalue weighted by molar-refractivity contribution is 0.480. The summed E-state index contributed by atoms with van der Waals surface area (Å²) in [6, 6.07) is 7.29. The highest BCUT2D eigenvalue weighted by Gasteiger charge is 2.20. The van der Waals surface area contributed by atoms with Crippen LogP contribution in [0.4, 0.5) is 11.6 Å². The molecule has 4 nitrogen and oxygen atoms in total. The molecule has 6 heteroatoms. The number of aromatic nitrogens is 2. The van der Waals surface area contributed by atoms with Gasteiger partial charge in [0.1, 0.15) is 11.3 Å². The Labute approximate surface area is 163 Å². The van der Waals surface area contributed by atoms with E-state index in [1.54, 1.807) is 12.1 Å². The molecule has 26 heavy (non-hydrogen) atoms. The summed E-state index contributed by atoms with van der Waals surface area (Å²) in [6.45, 7) is 6.30. The van der Waals surface area contributed by atoms with Crippen molar-refractivity contribution < 1.29 is 5.11 Å². The van der Waals surface area contributed by atoms with Crippen LogP contribution in [0.25, 0.3) is 11.0 Å². The van der Waals surface area contributed by atoms with Crippen LogP contribution >= 0.6 is 23.2 Å². The minimum absolute atomic E-state index is 0.178. The number of nitrogens with zero attached hydrogens (tertiary/aromatic N) is 2. The first-order valence-electron chi connectivity index (χ1n) is 8.78. The molecule has 0 saturated heterocycles. The Morgan fingerprint density at radius 2 is 1.88 bits per heavy atom. The number of nitrogens with one attached hydrogen (secondary N) is 1. The van der Waals surface area contributed by atoms with Gasteiger partial charge in [-0.15, -0.1) is 0 Å². The van der Waals surface area contributed by atoms with E-state index in [0.29, 0.717) is 27.4 Å². The van der Waals surface area contributed by atoms with Gasteiger partial charge in [0.25, 0.3) is 0 Å². The van der Waals surface area contributed by atoms with Crippen LogP contribution in [0.5, 0.6) is 5.75 Å². The van der Waals surface area contributed by atoms with Gasteiger partial charge in [-0.3, -0.25) is 0 Å². The number of aromatic hydroxyl groups is 1. The monoisotopic (exact) mass is 391 g/mol. The second-order valence-electron chi connectivity index (χ2n) is 6.58. The molecule has 1 aromatic heterocycles. The number of fused-ring (bicyclic) bond motifs is 1. The predicted molar refractivity (Wildman–Crippen MR) is 110 cm³/mol. The van der Waals surface area contributed by atoms with Gasteiger partial charge in [-0.2, -0.15) is 0 Å². The zero-order valence-corrected chi connectivity index (χ0v) is 16.9. The predicted octanol–water partition coefficient (Wildman–Crippen LogP) is 6.54. The maximum absolute atomic E-state index is 10.3. The van der Waals surface area contributed by atoms with Crippen LogP contribution in [-0.4, -0.2) is 14.7 Å². The van der Waals surface area contributed by atoms with Gasteiger partial charge in [0.05, 0.1) is 16.2 Å². The van der Waals surface area contributed by atoms with Crippen molar-refractivity contribution in [3.63, 3.8) is 0 Å². The summed E-state index contributed by atoms with van der Waals surface area (Å²) in [5.41, 5.74) is 4.44. The number of halogens is 2. The van der Waals surface area contributed by atoms with Crippen molar-refractivity contribution in [1.29, 1.82) is 0 Å². The number of anilines is 2. The van der Waals surface area contributed by atoms with Gasteiger partial charge in [-0.05, 0) is 55.0 Å². The molecule has 1 heterocycles. The Kier molecular flexibility index (Phi) is 5.35. The van der Waals surface area contributed by atoms with Crippen LogP contribution in [0.15, 0.2) is 24.3 Å². The third-order valence-electron chi connectivity index (χ3n) is 4.95. The molecule has 3 rings (SSSR count). The van der Waals surface area contributed by atoms with Gasteiger partial charge in [0.15, 0.2) is 0 Å². The molecule has 0 aliphatic heterocycles. The van der Waals surface area contributed by atoms with Crippen LogP contribution in [0.2, 0.25) is 10.0 Å². The highest BCUT2D eigenvalue weighted by molar-refractivity contribution is 6.36. The molecule has 0 saturated carbocycles. The second kappa shape index (κ2) is 7.37. The molecule has 138 valence electrons.